The molecule has 0 radical (unpaired) electrons. The number of halogens is 1. The van der Waals surface area contributed by atoms with E-state index in [2.05, 4.69) is 32.3 Å². The number of pyridine rings is 1. The summed E-state index contributed by atoms with van der Waals surface area (Å²) in [6.45, 7) is 0.266. The Morgan fingerprint density at radius 2 is 1.90 bits per heavy atom. The molecule has 196 valence electrons. The van der Waals surface area contributed by atoms with Gasteiger partial charge in [0.25, 0.3) is 0 Å². The second-order valence-corrected chi connectivity index (χ2v) is 10.7. The molecule has 1 aromatic heterocycles. The fraction of sp³-hybridized carbons (Fsp3) is 0.200. The Morgan fingerprint density at radius 3 is 2.64 bits per heavy atom. The van der Waals surface area contributed by atoms with Crippen molar-refractivity contribution >= 4 is 55.6 Å². The molecule has 0 saturated carbocycles. The van der Waals surface area contributed by atoms with Gasteiger partial charge in [-0.25, -0.2) is 9.78 Å². The lowest BCUT2D eigenvalue weighted by Gasteiger charge is -2.33. The number of nitro groups is 1. The third-order valence-electron chi connectivity index (χ3n) is 7.34. The number of rotatable bonds is 6. The van der Waals surface area contributed by atoms with Crippen LogP contribution < -0.4 is 5.32 Å². The second kappa shape index (κ2) is 10.5. The van der Waals surface area contributed by atoms with Gasteiger partial charge in [-0.2, -0.15) is 0 Å². The van der Waals surface area contributed by atoms with Crippen LogP contribution in [0.25, 0.3) is 16.5 Å². The molecule has 1 fully saturated rings. The van der Waals surface area contributed by atoms with E-state index in [-0.39, 0.29) is 30.5 Å². The number of carbonyl (C=O) groups is 1. The minimum atomic E-state index is -0.427. The van der Waals surface area contributed by atoms with Crippen LogP contribution in [0.5, 0.6) is 0 Å². The molecule has 0 spiro atoms. The monoisotopic (exact) mass is 584 g/mol. The number of nitrogens with zero attached hydrogens (tertiary/aromatic N) is 3. The quantitative estimate of drug-likeness (QED) is 0.185. The van der Waals surface area contributed by atoms with E-state index in [9.17, 15) is 14.9 Å². The minimum absolute atomic E-state index is 0.0177. The molecule has 3 heterocycles. The van der Waals surface area contributed by atoms with Crippen LogP contribution in [0, 0.1) is 10.1 Å². The van der Waals surface area contributed by atoms with Gasteiger partial charge >= 0.3 is 11.8 Å². The first-order chi connectivity index (χ1) is 19.0. The molecule has 4 aromatic rings. The number of hydrogen-bond donors (Lipinski definition) is 1. The number of hydrogen-bond acceptors (Lipinski definition) is 6. The van der Waals surface area contributed by atoms with Crippen LogP contribution in [-0.2, 0) is 11.3 Å². The van der Waals surface area contributed by atoms with Crippen molar-refractivity contribution in [1.29, 1.82) is 0 Å². The molecule has 1 amide bonds. The van der Waals surface area contributed by atoms with Gasteiger partial charge in [0.2, 0.25) is 0 Å². The smallest absolute Gasteiger partial charge is 0.410 e. The third-order valence-corrected chi connectivity index (χ3v) is 7.84. The van der Waals surface area contributed by atoms with Gasteiger partial charge in [-0.3, -0.25) is 15.0 Å². The normalized spacial score (nSPS) is 18.1. The fourth-order valence-corrected chi connectivity index (χ4v) is 5.82. The predicted octanol–water partition coefficient (Wildman–Crippen LogP) is 7.61. The van der Waals surface area contributed by atoms with Gasteiger partial charge in [0.1, 0.15) is 18.5 Å². The van der Waals surface area contributed by atoms with Crippen molar-refractivity contribution in [2.24, 2.45) is 0 Å². The fourth-order valence-electron chi connectivity index (χ4n) is 5.46. The van der Waals surface area contributed by atoms with E-state index in [0.717, 1.165) is 40.5 Å². The number of nitrogens with one attached hydrogen (secondary N) is 1. The molecule has 2 bridgehead atoms. The summed E-state index contributed by atoms with van der Waals surface area (Å²) in [6.07, 6.45) is 5.82. The lowest BCUT2D eigenvalue weighted by molar-refractivity contribution is -0.384. The van der Waals surface area contributed by atoms with E-state index < -0.39 is 4.92 Å². The van der Waals surface area contributed by atoms with Crippen molar-refractivity contribution in [1.82, 2.24) is 9.88 Å². The van der Waals surface area contributed by atoms with E-state index >= 15 is 0 Å². The highest BCUT2D eigenvalue weighted by Crippen LogP contribution is 2.40. The summed E-state index contributed by atoms with van der Waals surface area (Å²) in [4.78, 5) is 30.3. The van der Waals surface area contributed by atoms with Gasteiger partial charge in [0, 0.05) is 21.6 Å². The van der Waals surface area contributed by atoms with Crippen molar-refractivity contribution in [3.8, 4) is 0 Å². The number of anilines is 2. The highest BCUT2D eigenvalue weighted by Gasteiger charge is 2.40. The molecule has 1 N–H and O–H groups in total. The number of benzene rings is 3. The Kier molecular flexibility index (Phi) is 6.74. The van der Waals surface area contributed by atoms with Crippen LogP contribution in [0.1, 0.15) is 30.4 Å². The van der Waals surface area contributed by atoms with Crippen molar-refractivity contribution in [2.75, 3.05) is 5.32 Å². The average molecular weight is 585 g/mol. The van der Waals surface area contributed by atoms with Crippen LogP contribution >= 0.6 is 15.9 Å². The third kappa shape index (κ3) is 5.09. The zero-order chi connectivity index (χ0) is 26.9. The number of aromatic nitrogens is 1. The molecule has 9 heteroatoms. The molecule has 2 atom stereocenters. The zero-order valence-electron chi connectivity index (χ0n) is 20.9. The van der Waals surface area contributed by atoms with E-state index in [0.29, 0.717) is 16.6 Å². The molecule has 8 nitrogen and oxygen atoms in total. The van der Waals surface area contributed by atoms with Crippen molar-refractivity contribution in [2.45, 2.75) is 38.0 Å². The summed E-state index contributed by atoms with van der Waals surface area (Å²) >= 11 is 3.45. The Balaban J connectivity index is 1.19. The Bertz CT molecular complexity index is 1590. The van der Waals surface area contributed by atoms with Crippen molar-refractivity contribution in [3.05, 3.63) is 111 Å². The molecule has 2 aliphatic heterocycles. The summed E-state index contributed by atoms with van der Waals surface area (Å²) in [5.74, 6) is 0. The van der Waals surface area contributed by atoms with Gasteiger partial charge in [-0.1, -0.05) is 64.5 Å². The van der Waals surface area contributed by atoms with Gasteiger partial charge in [-0.05, 0) is 66.3 Å². The highest BCUT2D eigenvalue weighted by molar-refractivity contribution is 9.10. The minimum Gasteiger partial charge on any atom is -0.445 e. The molecule has 1 saturated heterocycles. The number of ether oxygens (including phenoxy) is 1. The van der Waals surface area contributed by atoms with Crippen LogP contribution in [0.4, 0.5) is 21.9 Å². The zero-order valence-corrected chi connectivity index (χ0v) is 22.5. The maximum Gasteiger partial charge on any atom is 0.410 e. The Morgan fingerprint density at radius 1 is 1.10 bits per heavy atom. The summed E-state index contributed by atoms with van der Waals surface area (Å²) in [5, 5.41) is 15.6. The Labute approximate surface area is 233 Å². The predicted molar refractivity (Wildman–Crippen MR) is 154 cm³/mol. The largest absolute Gasteiger partial charge is 0.445 e. The standard InChI is InChI=1S/C30H25BrN4O4/c31-22-8-13-27-26(16-22)29(28(17-32-27)35(37)38)33-23-9-6-20(7-10-23)21-14-24-11-12-25(15-21)34(24)30(36)39-18-19-4-2-1-3-5-19/h1-10,13-14,16-17,24-25H,11-12,15,18H2,(H,32,33). The summed E-state index contributed by atoms with van der Waals surface area (Å²) in [5.41, 5.74) is 4.96. The van der Waals surface area contributed by atoms with E-state index in [1.807, 2.05) is 77.7 Å². The summed E-state index contributed by atoms with van der Waals surface area (Å²) in [7, 11) is 0. The van der Waals surface area contributed by atoms with E-state index in [1.165, 1.54) is 11.8 Å². The SMILES string of the molecule is O=C(OCc1ccccc1)N1C2C=C(c3ccc(Nc4c([N+](=O)[O-])cnc5ccc(Br)cc45)cc3)CC1CC2. The van der Waals surface area contributed by atoms with Gasteiger partial charge in [0.15, 0.2) is 0 Å². The average Bonchev–Trinajstić information content (AvgIpc) is 3.22. The lowest BCUT2D eigenvalue weighted by atomic mass is 9.95. The summed E-state index contributed by atoms with van der Waals surface area (Å²) < 4.78 is 6.43. The molecule has 2 aliphatic rings. The van der Waals surface area contributed by atoms with Crippen molar-refractivity contribution in [3.63, 3.8) is 0 Å². The van der Waals surface area contributed by atoms with Crippen LogP contribution in [-0.4, -0.2) is 33.0 Å². The number of amides is 1. The topological polar surface area (TPSA) is 97.6 Å². The molecule has 2 unspecified atom stereocenters. The molecular weight excluding hydrogens is 560 g/mol. The van der Waals surface area contributed by atoms with Gasteiger partial charge in [-0.15, -0.1) is 0 Å². The van der Waals surface area contributed by atoms with Crippen LogP contribution in [0.15, 0.2) is 89.5 Å². The highest BCUT2D eigenvalue weighted by atomic mass is 79.9. The maximum absolute atomic E-state index is 12.9. The van der Waals surface area contributed by atoms with Gasteiger partial charge in [0.05, 0.1) is 16.5 Å². The van der Waals surface area contributed by atoms with Crippen LogP contribution in [0.3, 0.4) is 0 Å². The van der Waals surface area contributed by atoms with Crippen molar-refractivity contribution < 1.29 is 14.5 Å². The molecule has 0 aliphatic carbocycles. The second-order valence-electron chi connectivity index (χ2n) is 9.78. The van der Waals surface area contributed by atoms with E-state index in [4.69, 9.17) is 4.74 Å². The van der Waals surface area contributed by atoms with E-state index in [1.54, 1.807) is 0 Å². The molecular formula is C30H25BrN4O4. The summed E-state index contributed by atoms with van der Waals surface area (Å²) in [6, 6.07) is 23.2. The first-order valence-electron chi connectivity index (χ1n) is 12.8. The van der Waals surface area contributed by atoms with Gasteiger partial charge < -0.3 is 10.1 Å². The number of fused-ring (bicyclic) bond motifs is 3. The first kappa shape index (κ1) is 25.1. The van der Waals surface area contributed by atoms with Crippen LogP contribution in [0.2, 0.25) is 0 Å². The molecule has 39 heavy (non-hydrogen) atoms. The maximum atomic E-state index is 12.9. The Hall–Kier alpha value is -4.24. The molecule has 3 aromatic carbocycles. The number of carbonyl (C=O) groups excluding carboxylic acids is 1. The lowest BCUT2D eigenvalue weighted by Crippen LogP contribution is -2.43. The molecule has 6 rings (SSSR count). The first-order valence-corrected chi connectivity index (χ1v) is 13.6.